The normalized spacial score (nSPS) is 29.4. The molecule has 0 radical (unpaired) electrons. The van der Waals surface area contributed by atoms with Crippen molar-refractivity contribution in [2.45, 2.75) is 51.1 Å². The van der Waals surface area contributed by atoms with E-state index in [2.05, 4.69) is 6.58 Å². The summed E-state index contributed by atoms with van der Waals surface area (Å²) in [5.41, 5.74) is -1.76. The van der Waals surface area contributed by atoms with Crippen LogP contribution in [0.2, 0.25) is 0 Å². The molecule has 0 amide bonds. The first-order valence-corrected chi connectivity index (χ1v) is 7.94. The molecule has 2 aliphatic heterocycles. The average Bonchev–Trinajstić information content (AvgIpc) is 3.02. The number of ether oxygens (including phenoxy) is 4. The number of nitrogens with one attached hydrogen (secondary N) is 1. The van der Waals surface area contributed by atoms with Crippen LogP contribution in [0.1, 0.15) is 27.0 Å². The summed E-state index contributed by atoms with van der Waals surface area (Å²) in [6, 6.07) is 0. The molecule has 0 unspecified atom stereocenters. The summed E-state index contributed by atoms with van der Waals surface area (Å²) in [4.78, 5) is 36.8. The molecule has 0 spiro atoms. The summed E-state index contributed by atoms with van der Waals surface area (Å²) in [6.07, 6.45) is -2.48. The predicted octanol–water partition coefficient (Wildman–Crippen LogP) is 0.213. The molecule has 2 fully saturated rings. The fourth-order valence-electron chi connectivity index (χ4n) is 2.95. The molecule has 3 heterocycles. The zero-order valence-electron chi connectivity index (χ0n) is 14.5. The Morgan fingerprint density at radius 3 is 2.69 bits per heavy atom. The van der Waals surface area contributed by atoms with Crippen LogP contribution >= 0.6 is 0 Å². The van der Waals surface area contributed by atoms with Gasteiger partial charge in [0.2, 0.25) is 5.82 Å². The highest BCUT2D eigenvalue weighted by molar-refractivity contribution is 5.86. The third kappa shape index (κ3) is 3.35. The number of nitrogens with zero attached hydrogens (tertiary/aromatic N) is 1. The minimum atomic E-state index is -1.14. The number of esters is 1. The van der Waals surface area contributed by atoms with E-state index >= 15 is 0 Å². The van der Waals surface area contributed by atoms with Crippen molar-refractivity contribution in [3.8, 4) is 0 Å². The predicted molar refractivity (Wildman–Crippen MR) is 84.8 cm³/mol. The van der Waals surface area contributed by atoms with Crippen LogP contribution < -0.4 is 11.2 Å². The van der Waals surface area contributed by atoms with E-state index in [-0.39, 0.29) is 12.2 Å². The van der Waals surface area contributed by atoms with Crippen LogP contribution in [-0.4, -0.2) is 46.2 Å². The summed E-state index contributed by atoms with van der Waals surface area (Å²) >= 11 is 0. The molecule has 4 atom stereocenters. The monoisotopic (exact) mass is 370 g/mol. The SMILES string of the molecule is C=C(C)C(=O)OC[C@H]1O[C@@H](n2cc(F)c(=O)[nH]c2=O)[C@@H]2OC(C)(C)O[C@@H]21. The second kappa shape index (κ2) is 6.45. The quantitative estimate of drug-likeness (QED) is 0.596. The molecule has 1 aromatic heterocycles. The Morgan fingerprint density at radius 1 is 1.38 bits per heavy atom. The molecule has 0 aromatic carbocycles. The van der Waals surface area contributed by atoms with E-state index in [1.807, 2.05) is 4.98 Å². The fraction of sp³-hybridized carbons (Fsp3) is 0.562. The summed E-state index contributed by atoms with van der Waals surface area (Å²) in [6.45, 7) is 8.18. The van der Waals surface area contributed by atoms with E-state index in [9.17, 15) is 18.8 Å². The van der Waals surface area contributed by atoms with E-state index in [0.717, 1.165) is 10.8 Å². The minimum absolute atomic E-state index is 0.163. The highest BCUT2D eigenvalue weighted by atomic mass is 19.1. The van der Waals surface area contributed by atoms with Gasteiger partial charge in [0.1, 0.15) is 24.9 Å². The molecule has 3 rings (SSSR count). The third-order valence-corrected chi connectivity index (χ3v) is 4.05. The molecule has 1 N–H and O–H groups in total. The van der Waals surface area contributed by atoms with Gasteiger partial charge < -0.3 is 18.9 Å². The molecule has 0 bridgehead atoms. The van der Waals surface area contributed by atoms with Gasteiger partial charge >= 0.3 is 11.7 Å². The number of hydrogen-bond acceptors (Lipinski definition) is 7. The van der Waals surface area contributed by atoms with Crippen molar-refractivity contribution in [1.82, 2.24) is 9.55 Å². The zero-order chi connectivity index (χ0) is 19.2. The summed E-state index contributed by atoms with van der Waals surface area (Å²) in [5, 5.41) is 0. The lowest BCUT2D eigenvalue weighted by atomic mass is 10.1. The van der Waals surface area contributed by atoms with Crippen LogP contribution in [0, 0.1) is 5.82 Å². The molecule has 142 valence electrons. The highest BCUT2D eigenvalue weighted by Gasteiger charge is 2.56. The van der Waals surface area contributed by atoms with Gasteiger partial charge in [-0.05, 0) is 20.8 Å². The van der Waals surface area contributed by atoms with Crippen LogP contribution in [-0.2, 0) is 23.7 Å². The van der Waals surface area contributed by atoms with Crippen LogP contribution in [0.15, 0.2) is 27.9 Å². The molecule has 1 aromatic rings. The van der Waals surface area contributed by atoms with E-state index in [4.69, 9.17) is 18.9 Å². The Kier molecular flexibility index (Phi) is 4.59. The van der Waals surface area contributed by atoms with E-state index in [1.165, 1.54) is 6.92 Å². The summed E-state index contributed by atoms with van der Waals surface area (Å²) in [5.74, 6) is -2.71. The molecule has 9 nitrogen and oxygen atoms in total. The second-order valence-corrected chi connectivity index (χ2v) is 6.65. The number of fused-ring (bicyclic) bond motifs is 1. The number of carbonyl (C=O) groups excluding carboxylic acids is 1. The second-order valence-electron chi connectivity index (χ2n) is 6.65. The van der Waals surface area contributed by atoms with Crippen molar-refractivity contribution in [3.63, 3.8) is 0 Å². The highest BCUT2D eigenvalue weighted by Crippen LogP contribution is 2.42. The minimum Gasteiger partial charge on any atom is -0.459 e. The van der Waals surface area contributed by atoms with Gasteiger partial charge in [-0.25, -0.2) is 9.59 Å². The van der Waals surface area contributed by atoms with Gasteiger partial charge in [-0.3, -0.25) is 14.3 Å². The smallest absolute Gasteiger partial charge is 0.333 e. The molecule has 0 aliphatic carbocycles. The standard InChI is InChI=1S/C16H19FN2O7/c1-7(2)14(21)23-6-9-10-11(26-16(3,4)25-10)13(24-9)19-5-8(17)12(20)18-15(19)22/h5,9-11,13H,1,6H2,2-4H3,(H,18,20,22)/t9-,10-,11-,13-/m1/s1. The van der Waals surface area contributed by atoms with Crippen molar-refractivity contribution in [3.05, 3.63) is 45.0 Å². The Balaban J connectivity index is 1.89. The first-order valence-electron chi connectivity index (χ1n) is 7.94. The summed E-state index contributed by atoms with van der Waals surface area (Å²) < 4.78 is 36.9. The van der Waals surface area contributed by atoms with Crippen LogP contribution in [0.4, 0.5) is 4.39 Å². The number of aromatic nitrogens is 2. The van der Waals surface area contributed by atoms with Gasteiger partial charge in [-0.1, -0.05) is 6.58 Å². The zero-order valence-corrected chi connectivity index (χ0v) is 14.5. The molecule has 10 heteroatoms. The van der Waals surface area contributed by atoms with Crippen molar-refractivity contribution >= 4 is 5.97 Å². The molecule has 26 heavy (non-hydrogen) atoms. The number of hydrogen-bond donors (Lipinski definition) is 1. The average molecular weight is 370 g/mol. The molecule has 2 aliphatic rings. The lowest BCUT2D eigenvalue weighted by Crippen LogP contribution is -2.38. The Hall–Kier alpha value is -2.30. The molecular formula is C16H19FN2O7. The lowest BCUT2D eigenvalue weighted by Gasteiger charge is -2.24. The first kappa shape index (κ1) is 18.5. The van der Waals surface area contributed by atoms with E-state index in [0.29, 0.717) is 0 Å². The van der Waals surface area contributed by atoms with E-state index in [1.54, 1.807) is 13.8 Å². The fourth-order valence-corrected chi connectivity index (χ4v) is 2.95. The number of halogens is 1. The van der Waals surface area contributed by atoms with Gasteiger partial charge in [0, 0.05) is 5.57 Å². The number of carbonyl (C=O) groups is 1. The van der Waals surface area contributed by atoms with Gasteiger partial charge in [-0.15, -0.1) is 0 Å². The number of aromatic amines is 1. The van der Waals surface area contributed by atoms with Crippen molar-refractivity contribution in [2.75, 3.05) is 6.61 Å². The number of H-pyrrole nitrogens is 1. The van der Waals surface area contributed by atoms with Gasteiger partial charge in [-0.2, -0.15) is 4.39 Å². The first-order chi connectivity index (χ1) is 12.1. The Labute approximate surface area is 147 Å². The third-order valence-electron chi connectivity index (χ3n) is 4.05. The van der Waals surface area contributed by atoms with Gasteiger partial charge in [0.15, 0.2) is 12.0 Å². The van der Waals surface area contributed by atoms with E-state index < -0.39 is 53.4 Å². The van der Waals surface area contributed by atoms with Crippen molar-refractivity contribution in [1.29, 1.82) is 0 Å². The van der Waals surface area contributed by atoms with Crippen LogP contribution in [0.3, 0.4) is 0 Å². The molecule has 0 saturated carbocycles. The van der Waals surface area contributed by atoms with Crippen molar-refractivity contribution < 1.29 is 28.1 Å². The lowest BCUT2D eigenvalue weighted by molar-refractivity contribution is -0.202. The maximum Gasteiger partial charge on any atom is 0.333 e. The van der Waals surface area contributed by atoms with Gasteiger partial charge in [0.25, 0.3) is 5.56 Å². The maximum absolute atomic E-state index is 13.6. The van der Waals surface area contributed by atoms with Crippen LogP contribution in [0.25, 0.3) is 0 Å². The van der Waals surface area contributed by atoms with Crippen LogP contribution in [0.5, 0.6) is 0 Å². The topological polar surface area (TPSA) is 109 Å². The summed E-state index contributed by atoms with van der Waals surface area (Å²) in [7, 11) is 0. The molecular weight excluding hydrogens is 351 g/mol. The number of rotatable bonds is 4. The maximum atomic E-state index is 13.6. The van der Waals surface area contributed by atoms with Gasteiger partial charge in [0.05, 0.1) is 6.20 Å². The Bertz CT molecular complexity index is 859. The van der Waals surface area contributed by atoms with Crippen molar-refractivity contribution in [2.24, 2.45) is 0 Å². The largest absolute Gasteiger partial charge is 0.459 e. The molecule has 2 saturated heterocycles. The Morgan fingerprint density at radius 2 is 2.04 bits per heavy atom.